The monoisotopic (exact) mass is 396 g/mol. The van der Waals surface area contributed by atoms with Gasteiger partial charge in [0.05, 0.1) is 22.2 Å². The molecule has 3 saturated heterocycles. The quantitative estimate of drug-likeness (QED) is 0.596. The summed E-state index contributed by atoms with van der Waals surface area (Å²) in [5.41, 5.74) is 4.67. The number of nitrogens with two attached hydrogens (primary N) is 1. The van der Waals surface area contributed by atoms with Crippen molar-refractivity contribution in [2.75, 3.05) is 19.6 Å². The zero-order valence-corrected chi connectivity index (χ0v) is 16.0. The van der Waals surface area contributed by atoms with Crippen LogP contribution in [-0.4, -0.2) is 47.6 Å². The Morgan fingerprint density at radius 2 is 1.90 bits per heavy atom. The van der Waals surface area contributed by atoms with Gasteiger partial charge in [0.25, 0.3) is 5.91 Å². The van der Waals surface area contributed by atoms with Gasteiger partial charge in [0.1, 0.15) is 0 Å². The Morgan fingerprint density at radius 1 is 1.17 bits per heavy atom. The van der Waals surface area contributed by atoms with Crippen LogP contribution in [0.25, 0.3) is 10.9 Å². The molecule has 1 aliphatic carbocycles. The summed E-state index contributed by atoms with van der Waals surface area (Å²) in [5.74, 6) is -0.632. The molecule has 5 N–H and O–H groups in total. The number of nitrogens with one attached hydrogen (secondary N) is 3. The molecular weight excluding hydrogens is 372 g/mol. The number of rotatable bonds is 4. The average molecular weight is 396 g/mol. The summed E-state index contributed by atoms with van der Waals surface area (Å²) < 4.78 is 6.49. The van der Waals surface area contributed by atoms with Gasteiger partial charge in [0, 0.05) is 23.5 Å². The van der Waals surface area contributed by atoms with E-state index in [0.717, 1.165) is 25.9 Å². The van der Waals surface area contributed by atoms with Gasteiger partial charge in [-0.2, -0.15) is 0 Å². The maximum Gasteiger partial charge on any atom is 0.252 e. The number of aromatic nitrogens is 1. The van der Waals surface area contributed by atoms with E-state index in [4.69, 9.17) is 10.5 Å². The first-order chi connectivity index (χ1) is 13.9. The Hall–Kier alpha value is -2.71. The molecule has 0 unspecified atom stereocenters. The molecule has 2 aromatic rings. The van der Waals surface area contributed by atoms with Crippen LogP contribution in [0.4, 0.5) is 0 Å². The van der Waals surface area contributed by atoms with E-state index < -0.39 is 16.6 Å². The van der Waals surface area contributed by atoms with E-state index in [1.807, 2.05) is 12.1 Å². The van der Waals surface area contributed by atoms with Crippen LogP contribution in [0.1, 0.15) is 36.0 Å². The van der Waals surface area contributed by atoms with Gasteiger partial charge in [-0.15, -0.1) is 0 Å². The molecule has 4 aliphatic rings. The Morgan fingerprint density at radius 3 is 2.62 bits per heavy atom. The zero-order valence-electron chi connectivity index (χ0n) is 16.0. The number of para-hydroxylation sites is 1. The first-order valence-electron chi connectivity index (χ1n) is 10.00. The fourth-order valence-electron chi connectivity index (χ4n) is 5.65. The molecule has 2 bridgehead atoms. The third-order valence-electron chi connectivity index (χ3n) is 6.98. The largest absolute Gasteiger partial charge is 0.369 e. The van der Waals surface area contributed by atoms with Crippen molar-refractivity contribution in [2.45, 2.75) is 36.9 Å². The van der Waals surface area contributed by atoms with Gasteiger partial charge in [0.15, 0.2) is 0 Å². The van der Waals surface area contributed by atoms with Crippen molar-refractivity contribution >= 4 is 22.7 Å². The predicted octanol–water partition coefficient (Wildman–Crippen LogP) is 0.415. The van der Waals surface area contributed by atoms with Crippen LogP contribution >= 0.6 is 0 Å². The van der Waals surface area contributed by atoms with Crippen molar-refractivity contribution in [1.29, 1.82) is 0 Å². The summed E-state index contributed by atoms with van der Waals surface area (Å²) in [6.07, 6.45) is 2.55. The number of piperidine rings is 1. The molecule has 1 spiro atoms. The van der Waals surface area contributed by atoms with E-state index in [2.05, 4.69) is 15.6 Å². The van der Waals surface area contributed by atoms with Gasteiger partial charge in [-0.1, -0.05) is 18.2 Å². The van der Waals surface area contributed by atoms with Crippen molar-refractivity contribution in [3.05, 3.63) is 46.2 Å². The van der Waals surface area contributed by atoms with E-state index in [0.29, 0.717) is 29.3 Å². The highest BCUT2D eigenvalue weighted by Gasteiger charge is 2.77. The second kappa shape index (κ2) is 6.14. The summed E-state index contributed by atoms with van der Waals surface area (Å²) in [6.45, 7) is 1.86. The molecule has 6 rings (SSSR count). The molecule has 4 heterocycles. The topological polar surface area (TPSA) is 126 Å². The van der Waals surface area contributed by atoms with Crippen LogP contribution in [0.3, 0.4) is 0 Å². The van der Waals surface area contributed by atoms with Gasteiger partial charge in [-0.25, -0.2) is 0 Å². The molecule has 0 atom stereocenters. The molecule has 152 valence electrons. The number of carbonyl (C=O) groups excluding carboxylic acids is 2. The second-order valence-corrected chi connectivity index (χ2v) is 8.60. The number of H-pyrrole nitrogens is 1. The number of ether oxygens (including phenoxy) is 1. The Bertz CT molecular complexity index is 1060. The molecule has 2 amide bonds. The molecule has 1 aromatic heterocycles. The van der Waals surface area contributed by atoms with Gasteiger partial charge in [-0.05, 0) is 44.8 Å². The van der Waals surface area contributed by atoms with E-state index in [1.165, 1.54) is 6.07 Å². The van der Waals surface area contributed by atoms with Crippen LogP contribution in [-0.2, 0) is 9.53 Å². The number of fused-ring (bicyclic) bond motifs is 1. The molecule has 3 aliphatic heterocycles. The highest BCUT2D eigenvalue weighted by atomic mass is 16.5. The minimum absolute atomic E-state index is 0.289. The van der Waals surface area contributed by atoms with E-state index in [1.54, 1.807) is 12.1 Å². The van der Waals surface area contributed by atoms with Gasteiger partial charge in [-0.3, -0.25) is 14.4 Å². The Kier molecular flexibility index (Phi) is 3.88. The molecule has 1 saturated carbocycles. The predicted molar refractivity (Wildman–Crippen MR) is 106 cm³/mol. The van der Waals surface area contributed by atoms with Crippen molar-refractivity contribution in [3.63, 3.8) is 0 Å². The van der Waals surface area contributed by atoms with Crippen LogP contribution in [0.2, 0.25) is 0 Å². The number of primary amides is 1. The molecule has 29 heavy (non-hydrogen) atoms. The standard InChI is InChI=1S/C21H24N4O4/c22-18(28)20-10-19(11-20,29-21(20)5-7-23-8-6-21)12-24-17(27)14-9-16(26)25-15-4-2-1-3-13(14)15/h1-4,9,23H,5-8,10-12H2,(H2,22,28)(H,24,27)(H,25,26). The van der Waals surface area contributed by atoms with E-state index in [-0.39, 0.29) is 23.9 Å². The third kappa shape index (κ3) is 2.55. The number of hydrogen-bond acceptors (Lipinski definition) is 5. The van der Waals surface area contributed by atoms with Crippen LogP contribution in [0.5, 0.6) is 0 Å². The SMILES string of the molecule is NC(=O)C12CC(CNC(=O)c3cc(=O)[nH]c4ccccc34)(C1)OC21CCNCC1. The lowest BCUT2D eigenvalue weighted by atomic mass is 9.53. The molecule has 1 aromatic carbocycles. The number of amides is 2. The molecular formula is C21H24N4O4. The minimum atomic E-state index is -0.642. The fraction of sp³-hybridized carbons (Fsp3) is 0.476. The fourth-order valence-corrected chi connectivity index (χ4v) is 5.65. The van der Waals surface area contributed by atoms with E-state index >= 15 is 0 Å². The van der Waals surface area contributed by atoms with E-state index in [9.17, 15) is 14.4 Å². The van der Waals surface area contributed by atoms with Crippen molar-refractivity contribution in [2.24, 2.45) is 11.1 Å². The Balaban J connectivity index is 1.37. The zero-order chi connectivity index (χ0) is 20.3. The molecule has 8 nitrogen and oxygen atoms in total. The van der Waals surface area contributed by atoms with Gasteiger partial charge >= 0.3 is 0 Å². The minimum Gasteiger partial charge on any atom is -0.369 e. The van der Waals surface area contributed by atoms with Crippen molar-refractivity contribution in [3.8, 4) is 0 Å². The number of carbonyl (C=O) groups is 2. The smallest absolute Gasteiger partial charge is 0.252 e. The molecule has 8 heteroatoms. The number of benzene rings is 1. The summed E-state index contributed by atoms with van der Waals surface area (Å²) in [7, 11) is 0. The van der Waals surface area contributed by atoms with Crippen LogP contribution < -0.4 is 21.9 Å². The number of hydrogen-bond donors (Lipinski definition) is 4. The lowest BCUT2D eigenvalue weighted by molar-refractivity contribution is -0.137. The molecule has 4 fully saturated rings. The Labute approximate surface area is 167 Å². The highest BCUT2D eigenvalue weighted by Crippen LogP contribution is 2.68. The van der Waals surface area contributed by atoms with Crippen molar-refractivity contribution < 1.29 is 14.3 Å². The lowest BCUT2D eigenvalue weighted by Gasteiger charge is -2.47. The lowest BCUT2D eigenvalue weighted by Crippen LogP contribution is -2.60. The summed E-state index contributed by atoms with van der Waals surface area (Å²) in [4.78, 5) is 39.9. The highest BCUT2D eigenvalue weighted by molar-refractivity contribution is 6.06. The maximum absolute atomic E-state index is 12.9. The number of aromatic amines is 1. The average Bonchev–Trinajstić information content (AvgIpc) is 3.10. The maximum atomic E-state index is 12.9. The first-order valence-corrected chi connectivity index (χ1v) is 10.00. The molecule has 0 radical (unpaired) electrons. The van der Waals surface area contributed by atoms with Gasteiger partial charge < -0.3 is 26.1 Å². The summed E-state index contributed by atoms with van der Waals surface area (Å²) in [6, 6.07) is 8.51. The number of pyridine rings is 1. The summed E-state index contributed by atoms with van der Waals surface area (Å²) >= 11 is 0. The third-order valence-corrected chi connectivity index (χ3v) is 6.98. The van der Waals surface area contributed by atoms with Crippen LogP contribution in [0.15, 0.2) is 35.1 Å². The van der Waals surface area contributed by atoms with Crippen LogP contribution in [0, 0.1) is 5.41 Å². The van der Waals surface area contributed by atoms with Crippen molar-refractivity contribution in [1.82, 2.24) is 15.6 Å². The van der Waals surface area contributed by atoms with Gasteiger partial charge in [0.2, 0.25) is 11.5 Å². The summed E-state index contributed by atoms with van der Waals surface area (Å²) in [5, 5.41) is 6.92. The second-order valence-electron chi connectivity index (χ2n) is 8.60. The normalized spacial score (nSPS) is 29.5. The first kappa shape index (κ1) is 18.3.